The van der Waals surface area contributed by atoms with Gasteiger partial charge in [-0.3, -0.25) is 9.69 Å². The van der Waals surface area contributed by atoms with Crippen LogP contribution in [0.5, 0.6) is 11.5 Å². The number of carbonyl (C=O) groups is 1. The standard InChI is InChI=1S/C22H19NO3S2/c1-14-17(11-16-5-3-4-6-19(16)26-14)12-20-21(24)23(22(27)28-20)13-15-7-9-18(25-2)10-8-15/h3-12,14H,13H2,1-2H3/b20-12-/t14-/m1/s1. The molecule has 0 spiro atoms. The van der Waals surface area contributed by atoms with Gasteiger partial charge in [-0.15, -0.1) is 0 Å². The van der Waals surface area contributed by atoms with Gasteiger partial charge in [0.25, 0.3) is 5.91 Å². The summed E-state index contributed by atoms with van der Waals surface area (Å²) in [7, 11) is 1.63. The largest absolute Gasteiger partial charge is 0.497 e. The molecule has 2 heterocycles. The molecule has 0 bridgehead atoms. The molecule has 0 saturated carbocycles. The zero-order valence-corrected chi connectivity index (χ0v) is 17.2. The minimum absolute atomic E-state index is 0.0715. The fourth-order valence-electron chi connectivity index (χ4n) is 3.12. The zero-order valence-electron chi connectivity index (χ0n) is 15.5. The van der Waals surface area contributed by atoms with E-state index >= 15 is 0 Å². The molecule has 1 amide bonds. The van der Waals surface area contributed by atoms with Crippen LogP contribution in [0.15, 0.2) is 65.1 Å². The van der Waals surface area contributed by atoms with E-state index in [2.05, 4.69) is 6.08 Å². The van der Waals surface area contributed by atoms with Gasteiger partial charge in [-0.2, -0.15) is 0 Å². The molecule has 1 saturated heterocycles. The summed E-state index contributed by atoms with van der Waals surface area (Å²) in [5.74, 6) is 1.57. The number of fused-ring (bicyclic) bond motifs is 1. The number of hydrogen-bond acceptors (Lipinski definition) is 5. The molecule has 142 valence electrons. The Balaban J connectivity index is 1.55. The molecule has 4 nitrogen and oxygen atoms in total. The maximum Gasteiger partial charge on any atom is 0.266 e. The van der Waals surface area contributed by atoms with Crippen LogP contribution >= 0.6 is 24.0 Å². The molecule has 1 atom stereocenters. The van der Waals surface area contributed by atoms with E-state index in [-0.39, 0.29) is 12.0 Å². The van der Waals surface area contributed by atoms with Crippen LogP contribution in [0.25, 0.3) is 6.08 Å². The summed E-state index contributed by atoms with van der Waals surface area (Å²) in [4.78, 5) is 15.2. The monoisotopic (exact) mass is 409 g/mol. The van der Waals surface area contributed by atoms with Crippen molar-refractivity contribution < 1.29 is 14.3 Å². The van der Waals surface area contributed by atoms with E-state index < -0.39 is 0 Å². The van der Waals surface area contributed by atoms with Crippen molar-refractivity contribution in [1.82, 2.24) is 4.90 Å². The third-order valence-electron chi connectivity index (χ3n) is 4.69. The highest BCUT2D eigenvalue weighted by atomic mass is 32.2. The van der Waals surface area contributed by atoms with E-state index in [0.717, 1.165) is 28.2 Å². The van der Waals surface area contributed by atoms with Crippen LogP contribution < -0.4 is 9.47 Å². The van der Waals surface area contributed by atoms with Gasteiger partial charge in [0.1, 0.15) is 21.9 Å². The van der Waals surface area contributed by atoms with E-state index in [1.165, 1.54) is 11.8 Å². The lowest BCUT2D eigenvalue weighted by Crippen LogP contribution is -2.27. The fourth-order valence-corrected chi connectivity index (χ4v) is 4.38. The number of para-hydroxylation sites is 1. The van der Waals surface area contributed by atoms with E-state index in [4.69, 9.17) is 21.7 Å². The number of thioether (sulfide) groups is 1. The van der Waals surface area contributed by atoms with E-state index in [1.807, 2.05) is 61.5 Å². The second-order valence-electron chi connectivity index (χ2n) is 6.56. The number of rotatable bonds is 4. The predicted molar refractivity (Wildman–Crippen MR) is 116 cm³/mol. The van der Waals surface area contributed by atoms with Crippen molar-refractivity contribution in [2.45, 2.75) is 19.6 Å². The van der Waals surface area contributed by atoms with E-state index in [0.29, 0.717) is 15.8 Å². The third-order valence-corrected chi connectivity index (χ3v) is 6.06. The molecule has 0 radical (unpaired) electrons. The molecule has 2 aliphatic heterocycles. The number of methoxy groups -OCH3 is 1. The highest BCUT2D eigenvalue weighted by Crippen LogP contribution is 2.36. The Morgan fingerprint density at radius 3 is 2.71 bits per heavy atom. The summed E-state index contributed by atoms with van der Waals surface area (Å²) in [6.45, 7) is 2.43. The van der Waals surface area contributed by atoms with Crippen LogP contribution in [0.1, 0.15) is 18.1 Å². The fraction of sp³-hybridized carbons (Fsp3) is 0.182. The average Bonchev–Trinajstić information content (AvgIpc) is 2.96. The summed E-state index contributed by atoms with van der Waals surface area (Å²) < 4.78 is 11.7. The van der Waals surface area contributed by atoms with Gasteiger partial charge in [-0.05, 0) is 48.4 Å². The van der Waals surface area contributed by atoms with Crippen LogP contribution in [0.4, 0.5) is 0 Å². The lowest BCUT2D eigenvalue weighted by Gasteiger charge is -2.23. The van der Waals surface area contributed by atoms with Gasteiger partial charge in [-0.25, -0.2) is 0 Å². The third kappa shape index (κ3) is 3.70. The number of benzene rings is 2. The molecule has 4 rings (SSSR count). The van der Waals surface area contributed by atoms with E-state index in [9.17, 15) is 4.79 Å². The Bertz CT molecular complexity index is 995. The number of nitrogens with zero attached hydrogens (tertiary/aromatic N) is 1. The lowest BCUT2D eigenvalue weighted by atomic mass is 10.0. The van der Waals surface area contributed by atoms with Gasteiger partial charge in [0.2, 0.25) is 0 Å². The molecule has 6 heteroatoms. The SMILES string of the molecule is COc1ccc(CN2C(=O)/C(=C/C3=Cc4ccccc4O[C@@H]3C)SC2=S)cc1. The smallest absolute Gasteiger partial charge is 0.266 e. The van der Waals surface area contributed by atoms with Crippen LogP contribution in [-0.4, -0.2) is 28.3 Å². The maximum absolute atomic E-state index is 12.9. The first-order chi connectivity index (χ1) is 13.5. The predicted octanol–water partition coefficient (Wildman–Crippen LogP) is 4.80. The van der Waals surface area contributed by atoms with Crippen molar-refractivity contribution in [1.29, 1.82) is 0 Å². The Labute approximate surface area is 173 Å². The minimum Gasteiger partial charge on any atom is -0.497 e. The van der Waals surface area contributed by atoms with Gasteiger partial charge in [0.15, 0.2) is 0 Å². The highest BCUT2D eigenvalue weighted by Gasteiger charge is 2.33. The maximum atomic E-state index is 12.9. The van der Waals surface area contributed by atoms with Crippen LogP contribution in [0, 0.1) is 0 Å². The normalized spacial score (nSPS) is 20.1. The first-order valence-corrected chi connectivity index (χ1v) is 10.1. The van der Waals surface area contributed by atoms with Gasteiger partial charge >= 0.3 is 0 Å². The quantitative estimate of drug-likeness (QED) is 0.536. The number of thiocarbonyl (C=S) groups is 1. The average molecular weight is 410 g/mol. The second-order valence-corrected chi connectivity index (χ2v) is 8.23. The summed E-state index contributed by atoms with van der Waals surface area (Å²) in [6, 6.07) is 15.5. The summed E-state index contributed by atoms with van der Waals surface area (Å²) in [6.07, 6.45) is 3.84. The zero-order chi connectivity index (χ0) is 19.7. The molecule has 0 aromatic heterocycles. The topological polar surface area (TPSA) is 38.8 Å². The minimum atomic E-state index is -0.125. The van der Waals surface area contributed by atoms with Gasteiger partial charge < -0.3 is 9.47 Å². The first-order valence-electron chi connectivity index (χ1n) is 8.91. The van der Waals surface area contributed by atoms with Gasteiger partial charge in [0, 0.05) is 5.56 Å². The summed E-state index contributed by atoms with van der Waals surface area (Å²) in [5, 5.41) is 0. The molecule has 1 fully saturated rings. The molecule has 0 unspecified atom stereocenters. The van der Waals surface area contributed by atoms with Gasteiger partial charge in [-0.1, -0.05) is 54.3 Å². The molecular weight excluding hydrogens is 390 g/mol. The molecule has 2 aromatic carbocycles. The molecule has 2 aliphatic rings. The molecular formula is C22H19NO3S2. The Hall–Kier alpha value is -2.57. The van der Waals surface area contributed by atoms with Crippen LogP contribution in [0.3, 0.4) is 0 Å². The van der Waals surface area contributed by atoms with Crippen molar-refractivity contribution >= 4 is 40.3 Å². The first kappa shape index (κ1) is 18.8. The van der Waals surface area contributed by atoms with Crippen molar-refractivity contribution in [3.05, 3.63) is 76.2 Å². The van der Waals surface area contributed by atoms with Gasteiger partial charge in [0.05, 0.1) is 18.6 Å². The summed E-state index contributed by atoms with van der Waals surface area (Å²) >= 11 is 6.79. The second kappa shape index (κ2) is 7.81. The molecule has 0 aliphatic carbocycles. The molecule has 2 aromatic rings. The van der Waals surface area contributed by atoms with Crippen molar-refractivity contribution in [2.24, 2.45) is 0 Å². The van der Waals surface area contributed by atoms with Crippen molar-refractivity contribution in [2.75, 3.05) is 7.11 Å². The molecule has 0 N–H and O–H groups in total. The van der Waals surface area contributed by atoms with Crippen LogP contribution in [-0.2, 0) is 11.3 Å². The number of ether oxygens (including phenoxy) is 2. The van der Waals surface area contributed by atoms with Crippen molar-refractivity contribution in [3.63, 3.8) is 0 Å². The number of amides is 1. The Morgan fingerprint density at radius 1 is 1.21 bits per heavy atom. The van der Waals surface area contributed by atoms with Crippen molar-refractivity contribution in [3.8, 4) is 11.5 Å². The Morgan fingerprint density at radius 2 is 1.96 bits per heavy atom. The van der Waals surface area contributed by atoms with Crippen LogP contribution in [0.2, 0.25) is 0 Å². The molecule has 28 heavy (non-hydrogen) atoms. The van der Waals surface area contributed by atoms with E-state index in [1.54, 1.807) is 12.0 Å². The number of hydrogen-bond donors (Lipinski definition) is 0. The number of carbonyl (C=O) groups excluding carboxylic acids is 1. The Kier molecular flexibility index (Phi) is 5.24. The summed E-state index contributed by atoms with van der Waals surface area (Å²) in [5.41, 5.74) is 2.98. The lowest BCUT2D eigenvalue weighted by molar-refractivity contribution is -0.122. The highest BCUT2D eigenvalue weighted by molar-refractivity contribution is 8.26.